The molecule has 26 heavy (non-hydrogen) atoms. The molecule has 136 valence electrons. The third kappa shape index (κ3) is 3.79. The number of hydrogen-bond acceptors (Lipinski definition) is 4. The van der Waals surface area contributed by atoms with Crippen molar-refractivity contribution in [3.05, 3.63) is 48.5 Å². The van der Waals surface area contributed by atoms with E-state index in [1.807, 2.05) is 31.2 Å². The molecule has 1 aliphatic rings. The molecule has 1 saturated heterocycles. The minimum absolute atomic E-state index is 0.0806. The van der Waals surface area contributed by atoms with Crippen molar-refractivity contribution in [3.63, 3.8) is 0 Å². The summed E-state index contributed by atoms with van der Waals surface area (Å²) in [6, 6.07) is 14.5. The number of ether oxygens (including phenoxy) is 2. The Morgan fingerprint density at radius 2 is 2.04 bits per heavy atom. The van der Waals surface area contributed by atoms with Crippen LogP contribution in [0.25, 0.3) is 0 Å². The van der Waals surface area contributed by atoms with Gasteiger partial charge in [0.1, 0.15) is 11.5 Å². The van der Waals surface area contributed by atoms with Crippen molar-refractivity contribution in [1.82, 2.24) is 0 Å². The zero-order valence-corrected chi connectivity index (χ0v) is 14.9. The van der Waals surface area contributed by atoms with Crippen LogP contribution in [-0.2, 0) is 9.59 Å². The summed E-state index contributed by atoms with van der Waals surface area (Å²) in [5, 5.41) is 2.86. The number of amides is 2. The van der Waals surface area contributed by atoms with Crippen LogP contribution >= 0.6 is 0 Å². The molecule has 0 radical (unpaired) electrons. The van der Waals surface area contributed by atoms with E-state index in [1.165, 1.54) is 0 Å². The molecule has 0 spiro atoms. The number of hydrogen-bond donors (Lipinski definition) is 1. The van der Waals surface area contributed by atoms with Crippen LogP contribution in [0.1, 0.15) is 13.3 Å². The Hall–Kier alpha value is -3.02. The Bertz CT molecular complexity index is 806. The number of anilines is 2. The molecule has 2 aromatic carbocycles. The van der Waals surface area contributed by atoms with E-state index >= 15 is 0 Å². The third-order valence-electron chi connectivity index (χ3n) is 4.29. The summed E-state index contributed by atoms with van der Waals surface area (Å²) in [6.07, 6.45) is 0.177. The summed E-state index contributed by atoms with van der Waals surface area (Å²) in [5.74, 6) is 0.643. The predicted molar refractivity (Wildman–Crippen MR) is 99.7 cm³/mol. The molecule has 6 heteroatoms. The van der Waals surface area contributed by atoms with Crippen LogP contribution in [0.2, 0.25) is 0 Å². The lowest BCUT2D eigenvalue weighted by molar-refractivity contribution is -0.122. The summed E-state index contributed by atoms with van der Waals surface area (Å²) in [7, 11) is 1.57. The highest BCUT2D eigenvalue weighted by molar-refractivity contribution is 6.04. The maximum Gasteiger partial charge on any atom is 0.229 e. The number of methoxy groups -OCH3 is 1. The second-order valence-electron chi connectivity index (χ2n) is 6.03. The summed E-state index contributed by atoms with van der Waals surface area (Å²) in [5.41, 5.74) is 1.35. The molecule has 1 aliphatic heterocycles. The van der Waals surface area contributed by atoms with Crippen molar-refractivity contribution in [3.8, 4) is 11.5 Å². The first-order valence-corrected chi connectivity index (χ1v) is 8.59. The van der Waals surface area contributed by atoms with Gasteiger partial charge in [0, 0.05) is 24.7 Å². The molecule has 1 fully saturated rings. The van der Waals surface area contributed by atoms with Gasteiger partial charge in [-0.05, 0) is 31.2 Å². The van der Waals surface area contributed by atoms with Crippen molar-refractivity contribution in [1.29, 1.82) is 0 Å². The largest absolute Gasteiger partial charge is 0.497 e. The number of carbonyl (C=O) groups is 2. The number of para-hydroxylation sites is 2. The van der Waals surface area contributed by atoms with E-state index in [4.69, 9.17) is 9.47 Å². The van der Waals surface area contributed by atoms with Crippen LogP contribution in [0.15, 0.2) is 48.5 Å². The normalized spacial score (nSPS) is 16.5. The number of nitrogens with zero attached hydrogens (tertiary/aromatic N) is 1. The van der Waals surface area contributed by atoms with Gasteiger partial charge in [0.15, 0.2) is 0 Å². The van der Waals surface area contributed by atoms with E-state index in [-0.39, 0.29) is 18.2 Å². The average molecular weight is 354 g/mol. The standard InChI is InChI=1S/C20H22N2O4/c1-3-26-18-10-5-4-9-17(18)22-13-14(11-19(22)23)20(24)21-15-7-6-8-16(12-15)25-2/h4-10,12,14H,3,11,13H2,1-2H3,(H,21,24). The molecule has 1 N–H and O–H groups in total. The second-order valence-corrected chi connectivity index (χ2v) is 6.03. The molecule has 0 aromatic heterocycles. The highest BCUT2D eigenvalue weighted by atomic mass is 16.5. The van der Waals surface area contributed by atoms with Crippen molar-refractivity contribution < 1.29 is 19.1 Å². The molecule has 1 unspecified atom stereocenters. The molecule has 1 heterocycles. The van der Waals surface area contributed by atoms with Gasteiger partial charge >= 0.3 is 0 Å². The molecule has 0 bridgehead atoms. The smallest absolute Gasteiger partial charge is 0.229 e. The zero-order chi connectivity index (χ0) is 18.5. The lowest BCUT2D eigenvalue weighted by Crippen LogP contribution is -2.28. The van der Waals surface area contributed by atoms with Crippen LogP contribution in [0.4, 0.5) is 11.4 Å². The van der Waals surface area contributed by atoms with E-state index in [1.54, 1.807) is 36.3 Å². The average Bonchev–Trinajstić information content (AvgIpc) is 3.04. The fraction of sp³-hybridized carbons (Fsp3) is 0.300. The van der Waals surface area contributed by atoms with Gasteiger partial charge in [-0.15, -0.1) is 0 Å². The fourth-order valence-electron chi connectivity index (χ4n) is 3.02. The van der Waals surface area contributed by atoms with E-state index in [0.717, 1.165) is 0 Å². The van der Waals surface area contributed by atoms with Crippen LogP contribution < -0.4 is 19.7 Å². The summed E-state index contributed by atoms with van der Waals surface area (Å²) in [6.45, 7) is 2.74. The van der Waals surface area contributed by atoms with Gasteiger partial charge in [-0.1, -0.05) is 18.2 Å². The maximum atomic E-state index is 12.6. The Morgan fingerprint density at radius 1 is 1.23 bits per heavy atom. The molecule has 1 atom stereocenters. The molecule has 0 aliphatic carbocycles. The fourth-order valence-corrected chi connectivity index (χ4v) is 3.02. The van der Waals surface area contributed by atoms with E-state index < -0.39 is 5.92 Å². The van der Waals surface area contributed by atoms with Gasteiger partial charge in [-0.25, -0.2) is 0 Å². The van der Waals surface area contributed by atoms with Gasteiger partial charge in [0.2, 0.25) is 11.8 Å². The van der Waals surface area contributed by atoms with Crippen molar-refractivity contribution >= 4 is 23.2 Å². The highest BCUT2D eigenvalue weighted by Gasteiger charge is 2.36. The number of rotatable bonds is 6. The van der Waals surface area contributed by atoms with E-state index in [0.29, 0.717) is 36.0 Å². The first kappa shape index (κ1) is 17.8. The van der Waals surface area contributed by atoms with Gasteiger partial charge in [0.25, 0.3) is 0 Å². The summed E-state index contributed by atoms with van der Waals surface area (Å²) in [4.78, 5) is 26.7. The maximum absolute atomic E-state index is 12.6. The van der Waals surface area contributed by atoms with Crippen molar-refractivity contribution in [2.24, 2.45) is 5.92 Å². The SMILES string of the molecule is CCOc1ccccc1N1CC(C(=O)Nc2cccc(OC)c2)CC1=O. The Morgan fingerprint density at radius 3 is 2.81 bits per heavy atom. The van der Waals surface area contributed by atoms with Crippen LogP contribution in [0.5, 0.6) is 11.5 Å². The van der Waals surface area contributed by atoms with Crippen LogP contribution in [0, 0.1) is 5.92 Å². The predicted octanol–water partition coefficient (Wildman–Crippen LogP) is 3.09. The summed E-state index contributed by atoms with van der Waals surface area (Å²) < 4.78 is 10.8. The first-order chi connectivity index (χ1) is 12.6. The molecule has 2 aromatic rings. The van der Waals surface area contributed by atoms with E-state index in [2.05, 4.69) is 5.32 Å². The number of benzene rings is 2. The molecular formula is C20H22N2O4. The first-order valence-electron chi connectivity index (χ1n) is 8.59. The van der Waals surface area contributed by atoms with Crippen molar-refractivity contribution in [2.75, 3.05) is 30.5 Å². The molecule has 0 saturated carbocycles. The molecular weight excluding hydrogens is 332 g/mol. The van der Waals surface area contributed by atoms with Crippen LogP contribution in [-0.4, -0.2) is 32.1 Å². The number of carbonyl (C=O) groups excluding carboxylic acids is 2. The Labute approximate surface area is 152 Å². The van der Waals surface area contributed by atoms with Gasteiger partial charge in [-0.3, -0.25) is 9.59 Å². The molecule has 2 amide bonds. The second kappa shape index (κ2) is 7.91. The van der Waals surface area contributed by atoms with E-state index in [9.17, 15) is 9.59 Å². The topological polar surface area (TPSA) is 67.9 Å². The van der Waals surface area contributed by atoms with Gasteiger partial charge < -0.3 is 19.7 Å². The number of nitrogens with one attached hydrogen (secondary N) is 1. The molecule has 6 nitrogen and oxygen atoms in total. The Kier molecular flexibility index (Phi) is 5.41. The Balaban J connectivity index is 1.72. The van der Waals surface area contributed by atoms with Crippen LogP contribution in [0.3, 0.4) is 0 Å². The summed E-state index contributed by atoms with van der Waals surface area (Å²) >= 11 is 0. The molecule has 3 rings (SSSR count). The highest BCUT2D eigenvalue weighted by Crippen LogP contribution is 2.33. The third-order valence-corrected chi connectivity index (χ3v) is 4.29. The lowest BCUT2D eigenvalue weighted by atomic mass is 10.1. The lowest BCUT2D eigenvalue weighted by Gasteiger charge is -2.20. The van der Waals surface area contributed by atoms with Gasteiger partial charge in [0.05, 0.1) is 25.3 Å². The monoisotopic (exact) mass is 354 g/mol. The van der Waals surface area contributed by atoms with Crippen molar-refractivity contribution in [2.45, 2.75) is 13.3 Å². The van der Waals surface area contributed by atoms with Gasteiger partial charge in [-0.2, -0.15) is 0 Å². The minimum Gasteiger partial charge on any atom is -0.497 e. The quantitative estimate of drug-likeness (QED) is 0.866. The zero-order valence-electron chi connectivity index (χ0n) is 14.9. The minimum atomic E-state index is -0.414.